The Morgan fingerprint density at radius 3 is 2.48 bits per heavy atom. The first-order valence-electron chi connectivity index (χ1n) is 6.29. The summed E-state index contributed by atoms with van der Waals surface area (Å²) < 4.78 is 1.000. The van der Waals surface area contributed by atoms with E-state index in [2.05, 4.69) is 26.2 Å². The molecule has 0 fully saturated rings. The molecular formula is C15H14BrN3OS. The number of nitrogens with two attached hydrogens (primary N) is 1. The fraction of sp³-hybridized carbons (Fsp3) is 0.133. The smallest absolute Gasteiger partial charge is 0.270 e. The summed E-state index contributed by atoms with van der Waals surface area (Å²) in [6.45, 7) is 1.92. The number of thiocarbonyl (C=S) groups is 1. The summed E-state index contributed by atoms with van der Waals surface area (Å²) in [6, 6.07) is 11.0. The lowest BCUT2D eigenvalue weighted by Gasteiger charge is -2.14. The number of halogens is 1. The Labute approximate surface area is 136 Å². The largest absolute Gasteiger partial charge is 0.389 e. The van der Waals surface area contributed by atoms with Crippen molar-refractivity contribution in [1.29, 1.82) is 0 Å². The van der Waals surface area contributed by atoms with Gasteiger partial charge in [0.25, 0.3) is 5.91 Å². The van der Waals surface area contributed by atoms with Crippen molar-refractivity contribution in [3.63, 3.8) is 0 Å². The average Bonchev–Trinajstić information content (AvgIpc) is 2.47. The molecule has 1 atom stereocenters. The molecule has 0 aliphatic heterocycles. The zero-order valence-electron chi connectivity index (χ0n) is 11.3. The first-order chi connectivity index (χ1) is 9.97. The Morgan fingerprint density at radius 2 is 1.95 bits per heavy atom. The van der Waals surface area contributed by atoms with E-state index in [1.54, 1.807) is 12.1 Å². The fourth-order valence-electron chi connectivity index (χ4n) is 1.78. The number of benzene rings is 1. The third-order valence-electron chi connectivity index (χ3n) is 3.00. The highest BCUT2D eigenvalue weighted by Crippen LogP contribution is 2.16. The normalized spacial score (nSPS) is 11.7. The molecule has 0 aliphatic rings. The molecule has 0 spiro atoms. The van der Waals surface area contributed by atoms with E-state index in [1.807, 2.05) is 31.2 Å². The van der Waals surface area contributed by atoms with Gasteiger partial charge in [-0.1, -0.05) is 40.3 Å². The Kier molecular flexibility index (Phi) is 5.03. The van der Waals surface area contributed by atoms with Crippen molar-refractivity contribution in [3.8, 4) is 0 Å². The van der Waals surface area contributed by atoms with Crippen molar-refractivity contribution < 1.29 is 4.79 Å². The third kappa shape index (κ3) is 4.09. The molecule has 1 aromatic carbocycles. The Balaban J connectivity index is 2.06. The van der Waals surface area contributed by atoms with Crippen molar-refractivity contribution in [1.82, 2.24) is 10.3 Å². The molecule has 1 aromatic heterocycles. The number of pyridine rings is 1. The number of nitrogens with zero attached hydrogens (tertiary/aromatic N) is 1. The lowest BCUT2D eigenvalue weighted by Crippen LogP contribution is -2.27. The van der Waals surface area contributed by atoms with Crippen LogP contribution in [0.5, 0.6) is 0 Å². The van der Waals surface area contributed by atoms with E-state index < -0.39 is 0 Å². The molecular weight excluding hydrogens is 350 g/mol. The molecule has 0 aliphatic carbocycles. The van der Waals surface area contributed by atoms with Gasteiger partial charge in [-0.15, -0.1) is 0 Å². The Morgan fingerprint density at radius 1 is 1.29 bits per heavy atom. The second-order valence-corrected chi connectivity index (χ2v) is 5.90. The molecule has 1 amide bonds. The minimum absolute atomic E-state index is 0.109. The average molecular weight is 364 g/mol. The molecule has 6 heteroatoms. The highest BCUT2D eigenvalue weighted by Gasteiger charge is 2.12. The van der Waals surface area contributed by atoms with Crippen LogP contribution in [0.4, 0.5) is 0 Å². The minimum atomic E-state index is -0.236. The molecule has 3 N–H and O–H groups in total. The standard InChI is InChI=1S/C15H14BrN3OS/c1-9(10-2-5-12(16)6-3-10)19-15(20)13-7-4-11(8-18-13)14(17)21/h2-9H,1H3,(H2,17,21)(H,19,20). The van der Waals surface area contributed by atoms with Gasteiger partial charge in [0, 0.05) is 16.2 Å². The SMILES string of the molecule is CC(NC(=O)c1ccc(C(N)=S)cn1)c1ccc(Br)cc1. The van der Waals surface area contributed by atoms with Crippen molar-refractivity contribution in [2.24, 2.45) is 5.73 Å². The van der Waals surface area contributed by atoms with Crippen LogP contribution in [0.25, 0.3) is 0 Å². The van der Waals surface area contributed by atoms with Gasteiger partial charge >= 0.3 is 0 Å². The van der Waals surface area contributed by atoms with Crippen LogP contribution in [-0.4, -0.2) is 15.9 Å². The maximum atomic E-state index is 12.1. The van der Waals surface area contributed by atoms with Crippen molar-refractivity contribution >= 4 is 39.0 Å². The number of amides is 1. The summed E-state index contributed by atoms with van der Waals surface area (Å²) in [5.74, 6) is -0.236. The zero-order chi connectivity index (χ0) is 15.4. The topological polar surface area (TPSA) is 68.0 Å². The maximum Gasteiger partial charge on any atom is 0.270 e. The molecule has 2 rings (SSSR count). The van der Waals surface area contributed by atoms with Crippen molar-refractivity contribution in [2.75, 3.05) is 0 Å². The summed E-state index contributed by atoms with van der Waals surface area (Å²) in [7, 11) is 0. The third-order valence-corrected chi connectivity index (χ3v) is 3.76. The number of nitrogens with one attached hydrogen (secondary N) is 1. The highest BCUT2D eigenvalue weighted by atomic mass is 79.9. The van der Waals surface area contributed by atoms with Crippen LogP contribution in [-0.2, 0) is 0 Å². The lowest BCUT2D eigenvalue weighted by molar-refractivity contribution is 0.0935. The molecule has 1 heterocycles. The summed E-state index contributed by atoms with van der Waals surface area (Å²) in [5, 5.41) is 2.90. The number of rotatable bonds is 4. The van der Waals surface area contributed by atoms with E-state index in [0.29, 0.717) is 11.3 Å². The number of hydrogen-bond acceptors (Lipinski definition) is 3. The molecule has 21 heavy (non-hydrogen) atoms. The Bertz CT molecular complexity index is 656. The van der Waals surface area contributed by atoms with Crippen LogP contribution in [0.2, 0.25) is 0 Å². The number of carbonyl (C=O) groups excluding carboxylic acids is 1. The molecule has 0 bridgehead atoms. The summed E-state index contributed by atoms with van der Waals surface area (Å²) in [6.07, 6.45) is 1.50. The van der Waals surface area contributed by atoms with E-state index in [-0.39, 0.29) is 16.9 Å². The first kappa shape index (κ1) is 15.6. The molecule has 4 nitrogen and oxygen atoms in total. The predicted octanol–water partition coefficient (Wildman–Crippen LogP) is 2.97. The zero-order valence-corrected chi connectivity index (χ0v) is 13.7. The van der Waals surface area contributed by atoms with Crippen LogP contribution >= 0.6 is 28.1 Å². The van der Waals surface area contributed by atoms with E-state index >= 15 is 0 Å². The van der Waals surface area contributed by atoms with E-state index in [0.717, 1.165) is 10.0 Å². The van der Waals surface area contributed by atoms with Gasteiger partial charge in [0.15, 0.2) is 0 Å². The monoisotopic (exact) mass is 363 g/mol. The van der Waals surface area contributed by atoms with Gasteiger partial charge in [0.2, 0.25) is 0 Å². The highest BCUT2D eigenvalue weighted by molar-refractivity contribution is 9.10. The number of carbonyl (C=O) groups is 1. The van der Waals surface area contributed by atoms with Crippen LogP contribution < -0.4 is 11.1 Å². The second-order valence-electron chi connectivity index (χ2n) is 4.54. The number of hydrogen-bond donors (Lipinski definition) is 2. The van der Waals surface area contributed by atoms with E-state index in [4.69, 9.17) is 18.0 Å². The predicted molar refractivity (Wildman–Crippen MR) is 90.1 cm³/mol. The molecule has 108 valence electrons. The van der Waals surface area contributed by atoms with Gasteiger partial charge in [-0.2, -0.15) is 0 Å². The minimum Gasteiger partial charge on any atom is -0.389 e. The summed E-state index contributed by atoms with van der Waals surface area (Å²) in [4.78, 5) is 16.5. The van der Waals surface area contributed by atoms with Gasteiger partial charge in [-0.05, 0) is 36.8 Å². The molecule has 0 saturated heterocycles. The Hall–Kier alpha value is -1.79. The molecule has 2 aromatic rings. The van der Waals surface area contributed by atoms with E-state index in [9.17, 15) is 4.79 Å². The van der Waals surface area contributed by atoms with Gasteiger partial charge in [-0.25, -0.2) is 0 Å². The summed E-state index contributed by atoms with van der Waals surface area (Å²) >= 11 is 8.23. The van der Waals surface area contributed by atoms with Crippen LogP contribution in [0.1, 0.15) is 34.6 Å². The quantitative estimate of drug-likeness (QED) is 0.819. The van der Waals surface area contributed by atoms with Crippen LogP contribution in [0.15, 0.2) is 47.1 Å². The van der Waals surface area contributed by atoms with Gasteiger partial charge in [-0.3, -0.25) is 9.78 Å². The van der Waals surface area contributed by atoms with Crippen LogP contribution in [0.3, 0.4) is 0 Å². The fourth-order valence-corrected chi connectivity index (χ4v) is 2.16. The van der Waals surface area contributed by atoms with Gasteiger partial charge < -0.3 is 11.1 Å². The van der Waals surface area contributed by atoms with Crippen molar-refractivity contribution in [3.05, 3.63) is 63.9 Å². The summed E-state index contributed by atoms with van der Waals surface area (Å²) in [5.41, 5.74) is 7.49. The van der Waals surface area contributed by atoms with Crippen molar-refractivity contribution in [2.45, 2.75) is 13.0 Å². The second kappa shape index (κ2) is 6.78. The number of aromatic nitrogens is 1. The van der Waals surface area contributed by atoms with Gasteiger partial charge in [0.05, 0.1) is 6.04 Å². The lowest BCUT2D eigenvalue weighted by atomic mass is 10.1. The molecule has 0 saturated carbocycles. The van der Waals surface area contributed by atoms with Gasteiger partial charge in [0.1, 0.15) is 10.7 Å². The van der Waals surface area contributed by atoms with E-state index in [1.165, 1.54) is 6.20 Å². The maximum absolute atomic E-state index is 12.1. The first-order valence-corrected chi connectivity index (χ1v) is 7.49. The van der Waals surface area contributed by atoms with Crippen LogP contribution in [0, 0.1) is 0 Å². The molecule has 0 radical (unpaired) electrons. The molecule has 1 unspecified atom stereocenters.